The molecule has 0 amide bonds. The number of thiophene rings is 1. The van der Waals surface area contributed by atoms with Gasteiger partial charge in [0.1, 0.15) is 17.5 Å². The van der Waals surface area contributed by atoms with Crippen molar-refractivity contribution >= 4 is 27.5 Å². The first-order valence-electron chi connectivity index (χ1n) is 8.82. The number of esters is 1. The van der Waals surface area contributed by atoms with Gasteiger partial charge in [-0.25, -0.2) is 9.78 Å². The van der Waals surface area contributed by atoms with Gasteiger partial charge in [-0.15, -0.1) is 11.3 Å². The summed E-state index contributed by atoms with van der Waals surface area (Å²) in [5.74, 6) is -0.481. The number of hydrogen-bond donors (Lipinski definition) is 0. The summed E-state index contributed by atoms with van der Waals surface area (Å²) >= 11 is 1.42. The third-order valence-corrected chi connectivity index (χ3v) is 5.20. The second-order valence-corrected chi connectivity index (χ2v) is 7.05. The third kappa shape index (κ3) is 4.09. The van der Waals surface area contributed by atoms with Crippen molar-refractivity contribution in [2.75, 3.05) is 19.8 Å². The lowest BCUT2D eigenvalue weighted by molar-refractivity contribution is -0.148. The minimum atomic E-state index is -0.762. The fourth-order valence-corrected chi connectivity index (χ4v) is 3.65. The molecule has 2 heterocycles. The van der Waals surface area contributed by atoms with Crippen molar-refractivity contribution in [3.05, 3.63) is 51.9 Å². The van der Waals surface area contributed by atoms with Gasteiger partial charge in [-0.1, -0.05) is 29.8 Å². The molecule has 0 spiro atoms. The van der Waals surface area contributed by atoms with Crippen molar-refractivity contribution in [3.63, 3.8) is 0 Å². The topological polar surface area (TPSA) is 70.4 Å². The zero-order valence-electron chi connectivity index (χ0n) is 15.6. The van der Waals surface area contributed by atoms with E-state index >= 15 is 0 Å². The van der Waals surface area contributed by atoms with Crippen LogP contribution >= 0.6 is 11.3 Å². The monoisotopic (exact) mass is 386 g/mol. The van der Waals surface area contributed by atoms with Crippen molar-refractivity contribution in [1.29, 1.82) is 0 Å². The van der Waals surface area contributed by atoms with Crippen molar-refractivity contribution in [3.8, 4) is 11.1 Å². The molecular formula is C20H22N2O4S. The fraction of sp³-hybridized carbons (Fsp3) is 0.350. The van der Waals surface area contributed by atoms with Crippen molar-refractivity contribution in [2.45, 2.75) is 26.8 Å². The number of carbonyl (C=O) groups is 1. The highest BCUT2D eigenvalue weighted by Crippen LogP contribution is 2.31. The van der Waals surface area contributed by atoms with Gasteiger partial charge in [-0.3, -0.25) is 9.36 Å². The molecule has 0 radical (unpaired) electrons. The maximum atomic E-state index is 13.1. The molecule has 0 saturated heterocycles. The second kappa shape index (κ2) is 8.45. The largest absolute Gasteiger partial charge is 0.462 e. The van der Waals surface area contributed by atoms with E-state index in [1.165, 1.54) is 22.2 Å². The number of hydrogen-bond acceptors (Lipinski definition) is 6. The summed E-state index contributed by atoms with van der Waals surface area (Å²) in [5.41, 5.74) is 2.69. The Kier molecular flexibility index (Phi) is 6.03. The molecule has 2 aromatic heterocycles. The van der Waals surface area contributed by atoms with Crippen LogP contribution in [0.4, 0.5) is 0 Å². The van der Waals surface area contributed by atoms with E-state index in [1.54, 1.807) is 6.92 Å². The Bertz CT molecular complexity index is 991. The van der Waals surface area contributed by atoms with Gasteiger partial charge in [0.2, 0.25) is 0 Å². The molecule has 6 nitrogen and oxygen atoms in total. The van der Waals surface area contributed by atoms with Crippen LogP contribution in [-0.4, -0.2) is 35.3 Å². The van der Waals surface area contributed by atoms with E-state index in [9.17, 15) is 9.59 Å². The van der Waals surface area contributed by atoms with Gasteiger partial charge in [0.25, 0.3) is 5.56 Å². The van der Waals surface area contributed by atoms with Crippen molar-refractivity contribution in [2.24, 2.45) is 0 Å². The summed E-state index contributed by atoms with van der Waals surface area (Å²) < 4.78 is 11.7. The molecule has 0 N–H and O–H groups in total. The lowest BCUT2D eigenvalue weighted by Gasteiger charge is -2.14. The highest BCUT2D eigenvalue weighted by atomic mass is 32.1. The molecule has 0 aliphatic carbocycles. The Hall–Kier alpha value is -2.51. The van der Waals surface area contributed by atoms with E-state index in [4.69, 9.17) is 9.47 Å². The van der Waals surface area contributed by atoms with Crippen LogP contribution in [0, 0.1) is 6.92 Å². The second-order valence-electron chi connectivity index (χ2n) is 6.19. The Morgan fingerprint density at radius 2 is 2.00 bits per heavy atom. The zero-order valence-corrected chi connectivity index (χ0v) is 16.4. The number of fused-ring (bicyclic) bond motifs is 1. The van der Waals surface area contributed by atoms with E-state index in [0.29, 0.717) is 23.4 Å². The maximum absolute atomic E-state index is 13.1. The van der Waals surface area contributed by atoms with Gasteiger partial charge in [-0.2, -0.15) is 0 Å². The first-order chi connectivity index (χ1) is 13.0. The van der Waals surface area contributed by atoms with Crippen LogP contribution in [0.15, 0.2) is 40.8 Å². The quantitative estimate of drug-likeness (QED) is 0.459. The van der Waals surface area contributed by atoms with Crippen LogP contribution in [0.25, 0.3) is 21.3 Å². The molecule has 1 aromatic carbocycles. The minimum absolute atomic E-state index is 0.161. The lowest BCUT2D eigenvalue weighted by Crippen LogP contribution is -2.30. The van der Waals surface area contributed by atoms with E-state index < -0.39 is 12.0 Å². The number of carbonyl (C=O) groups excluding carboxylic acids is 1. The SMILES string of the molecule is CCOCCOC(=O)C(C)n1cnc2scc(-c3ccc(C)cc3)c2c1=O. The summed E-state index contributed by atoms with van der Waals surface area (Å²) in [7, 11) is 0. The Balaban J connectivity index is 1.92. The van der Waals surface area contributed by atoms with E-state index in [-0.39, 0.29) is 12.2 Å². The van der Waals surface area contributed by atoms with Gasteiger partial charge >= 0.3 is 5.97 Å². The summed E-state index contributed by atoms with van der Waals surface area (Å²) in [5, 5.41) is 2.46. The smallest absolute Gasteiger partial charge is 0.329 e. The molecule has 7 heteroatoms. The van der Waals surface area contributed by atoms with E-state index in [0.717, 1.165) is 16.7 Å². The van der Waals surface area contributed by atoms with E-state index in [2.05, 4.69) is 4.98 Å². The lowest BCUT2D eigenvalue weighted by atomic mass is 10.1. The molecule has 0 aliphatic heterocycles. The van der Waals surface area contributed by atoms with E-state index in [1.807, 2.05) is 43.5 Å². The number of rotatable bonds is 7. The Morgan fingerprint density at radius 1 is 1.26 bits per heavy atom. The highest BCUT2D eigenvalue weighted by Gasteiger charge is 2.21. The number of aryl methyl sites for hydroxylation is 1. The normalized spacial score (nSPS) is 12.3. The van der Waals surface area contributed by atoms with Crippen LogP contribution in [0.2, 0.25) is 0 Å². The van der Waals surface area contributed by atoms with Crippen LogP contribution < -0.4 is 5.56 Å². The molecule has 27 heavy (non-hydrogen) atoms. The first-order valence-corrected chi connectivity index (χ1v) is 9.70. The highest BCUT2D eigenvalue weighted by molar-refractivity contribution is 7.17. The molecular weight excluding hydrogens is 364 g/mol. The van der Waals surface area contributed by atoms with Gasteiger partial charge < -0.3 is 9.47 Å². The predicted octanol–water partition coefficient (Wildman–Crippen LogP) is 3.57. The summed E-state index contributed by atoms with van der Waals surface area (Å²) in [6, 6.07) is 7.22. The van der Waals surface area contributed by atoms with Crippen LogP contribution in [-0.2, 0) is 14.3 Å². The third-order valence-electron chi connectivity index (χ3n) is 4.32. The molecule has 142 valence electrons. The minimum Gasteiger partial charge on any atom is -0.462 e. The Labute approximate surface area is 161 Å². The number of benzene rings is 1. The molecule has 0 bridgehead atoms. The van der Waals surface area contributed by atoms with Gasteiger partial charge in [0.05, 0.1) is 18.3 Å². The molecule has 3 rings (SSSR count). The predicted molar refractivity (Wildman–Crippen MR) is 106 cm³/mol. The average molecular weight is 386 g/mol. The molecule has 3 aromatic rings. The Morgan fingerprint density at radius 3 is 2.70 bits per heavy atom. The molecule has 0 saturated carbocycles. The summed E-state index contributed by atoms with van der Waals surface area (Å²) in [4.78, 5) is 30.4. The maximum Gasteiger partial charge on any atom is 0.329 e. The van der Waals surface area contributed by atoms with Crippen LogP contribution in [0.1, 0.15) is 25.5 Å². The van der Waals surface area contributed by atoms with Crippen LogP contribution in [0.3, 0.4) is 0 Å². The summed E-state index contributed by atoms with van der Waals surface area (Å²) in [6.07, 6.45) is 1.41. The fourth-order valence-electron chi connectivity index (χ4n) is 2.75. The van der Waals surface area contributed by atoms with Gasteiger partial charge in [-0.05, 0) is 26.3 Å². The zero-order chi connectivity index (χ0) is 19.4. The molecule has 1 unspecified atom stereocenters. The van der Waals surface area contributed by atoms with Gasteiger partial charge in [0.15, 0.2) is 0 Å². The average Bonchev–Trinajstić information content (AvgIpc) is 3.10. The molecule has 0 aliphatic rings. The number of aromatic nitrogens is 2. The van der Waals surface area contributed by atoms with Crippen LogP contribution in [0.5, 0.6) is 0 Å². The molecule has 0 fully saturated rings. The van der Waals surface area contributed by atoms with Crippen molar-refractivity contribution in [1.82, 2.24) is 9.55 Å². The standard InChI is InChI=1S/C20H22N2O4S/c1-4-25-9-10-26-20(24)14(3)22-12-21-18-17(19(22)23)16(11-27-18)15-7-5-13(2)6-8-15/h5-8,11-12,14H,4,9-10H2,1-3H3. The first kappa shape index (κ1) is 19.3. The van der Waals surface area contributed by atoms with Gasteiger partial charge in [0, 0.05) is 17.6 Å². The summed E-state index contributed by atoms with van der Waals surface area (Å²) in [6.45, 7) is 6.58. The number of nitrogens with zero attached hydrogens (tertiary/aromatic N) is 2. The molecule has 1 atom stereocenters. The van der Waals surface area contributed by atoms with Crippen molar-refractivity contribution < 1.29 is 14.3 Å². The number of ether oxygens (including phenoxy) is 2.